The molecule has 0 radical (unpaired) electrons. The Balaban J connectivity index is 1.14. The van der Waals surface area contributed by atoms with Crippen molar-refractivity contribution in [2.75, 3.05) is 64.6 Å². The van der Waals surface area contributed by atoms with Crippen molar-refractivity contribution in [2.45, 2.75) is 12.2 Å². The zero-order chi connectivity index (χ0) is 20.8. The zero-order valence-corrected chi connectivity index (χ0v) is 17.4. The van der Waals surface area contributed by atoms with E-state index in [4.69, 9.17) is 18.9 Å². The first-order valence-electron chi connectivity index (χ1n) is 10.5. The highest BCUT2D eigenvalue weighted by Gasteiger charge is 2.22. The van der Waals surface area contributed by atoms with Gasteiger partial charge in [-0.2, -0.15) is 0 Å². The number of β-amino-alcohol motifs (C(OH)–C–C–N with tert-alkyl or cyclic N) is 1. The number of para-hydroxylation sites is 2. The number of methoxy groups -OCH3 is 1. The largest absolute Gasteiger partial charge is 0.497 e. The zero-order valence-electron chi connectivity index (χ0n) is 17.4. The summed E-state index contributed by atoms with van der Waals surface area (Å²) in [4.78, 5) is 4.64. The molecule has 2 aromatic rings. The summed E-state index contributed by atoms with van der Waals surface area (Å²) < 4.78 is 22.5. The third-order valence-corrected chi connectivity index (χ3v) is 5.46. The number of rotatable bonds is 8. The fraction of sp³-hybridized carbons (Fsp3) is 0.478. The molecule has 0 aliphatic carbocycles. The lowest BCUT2D eigenvalue weighted by Crippen LogP contribution is -2.49. The predicted octanol–water partition coefficient (Wildman–Crippen LogP) is 2.03. The number of aliphatic hydroxyl groups excluding tert-OH is 1. The molecular weight excluding hydrogens is 384 g/mol. The molecule has 2 aromatic carbocycles. The van der Waals surface area contributed by atoms with Gasteiger partial charge in [0.05, 0.1) is 26.4 Å². The van der Waals surface area contributed by atoms with Crippen molar-refractivity contribution in [1.82, 2.24) is 4.90 Å². The summed E-state index contributed by atoms with van der Waals surface area (Å²) in [5, 5.41) is 10.4. The number of hydrogen-bond donors (Lipinski definition) is 1. The first kappa shape index (κ1) is 20.8. The third-order valence-electron chi connectivity index (χ3n) is 5.46. The topological polar surface area (TPSA) is 63.6 Å². The molecule has 162 valence electrons. The standard InChI is InChI=1S/C23H30N2O5/c1-27-20-8-6-18(7-9-20)25-12-10-24(11-13-25)14-19(26)15-28-16-21-17-29-22-4-2-3-5-23(22)30-21/h2-9,19,21,26H,10-17H2,1H3/t19-,21-/m1/s1. The maximum Gasteiger partial charge on any atom is 0.161 e. The first-order valence-corrected chi connectivity index (χ1v) is 10.5. The van der Waals surface area contributed by atoms with Crippen molar-refractivity contribution in [1.29, 1.82) is 0 Å². The second-order valence-corrected chi connectivity index (χ2v) is 7.67. The molecule has 0 unspecified atom stereocenters. The number of hydrogen-bond acceptors (Lipinski definition) is 7. The molecule has 1 fully saturated rings. The van der Waals surface area contributed by atoms with Gasteiger partial charge in [0.15, 0.2) is 17.6 Å². The molecule has 7 nitrogen and oxygen atoms in total. The van der Waals surface area contributed by atoms with Crippen molar-refractivity contribution in [3.8, 4) is 17.2 Å². The van der Waals surface area contributed by atoms with Crippen LogP contribution in [-0.4, -0.2) is 81.9 Å². The van der Waals surface area contributed by atoms with Crippen LogP contribution in [0.25, 0.3) is 0 Å². The summed E-state index contributed by atoms with van der Waals surface area (Å²) >= 11 is 0. The monoisotopic (exact) mass is 414 g/mol. The normalized spacial score (nSPS) is 20.1. The van der Waals surface area contributed by atoms with Gasteiger partial charge in [0, 0.05) is 38.4 Å². The smallest absolute Gasteiger partial charge is 0.161 e. The van der Waals surface area contributed by atoms with Gasteiger partial charge in [-0.1, -0.05) is 12.1 Å². The summed E-state index contributed by atoms with van der Waals surface area (Å²) in [6.45, 7) is 5.47. The van der Waals surface area contributed by atoms with Gasteiger partial charge < -0.3 is 29.0 Å². The maximum atomic E-state index is 10.4. The Morgan fingerprint density at radius 1 is 1.03 bits per heavy atom. The molecule has 7 heteroatoms. The molecule has 0 saturated carbocycles. The van der Waals surface area contributed by atoms with E-state index in [2.05, 4.69) is 21.9 Å². The van der Waals surface area contributed by atoms with Crippen molar-refractivity contribution in [3.63, 3.8) is 0 Å². The van der Waals surface area contributed by atoms with E-state index in [1.807, 2.05) is 36.4 Å². The molecule has 0 bridgehead atoms. The highest BCUT2D eigenvalue weighted by molar-refractivity contribution is 5.49. The highest BCUT2D eigenvalue weighted by atomic mass is 16.6. The van der Waals surface area contributed by atoms with Gasteiger partial charge in [-0.25, -0.2) is 0 Å². The van der Waals surface area contributed by atoms with Crippen LogP contribution in [0.2, 0.25) is 0 Å². The molecule has 0 aromatic heterocycles. The summed E-state index contributed by atoms with van der Waals surface area (Å²) in [5.41, 5.74) is 1.20. The van der Waals surface area contributed by atoms with Gasteiger partial charge >= 0.3 is 0 Å². The van der Waals surface area contributed by atoms with E-state index >= 15 is 0 Å². The summed E-state index contributed by atoms with van der Waals surface area (Å²) in [7, 11) is 1.68. The van der Waals surface area contributed by atoms with Gasteiger partial charge in [0.1, 0.15) is 12.4 Å². The Kier molecular flexibility index (Phi) is 6.94. The molecule has 0 amide bonds. The number of anilines is 1. The van der Waals surface area contributed by atoms with Crippen LogP contribution in [0.5, 0.6) is 17.2 Å². The minimum atomic E-state index is -0.519. The molecule has 1 saturated heterocycles. The van der Waals surface area contributed by atoms with E-state index in [1.54, 1.807) is 7.11 Å². The fourth-order valence-corrected chi connectivity index (χ4v) is 3.81. The van der Waals surface area contributed by atoms with Gasteiger partial charge in [-0.3, -0.25) is 4.90 Å². The number of ether oxygens (including phenoxy) is 4. The van der Waals surface area contributed by atoms with Crippen LogP contribution >= 0.6 is 0 Å². The van der Waals surface area contributed by atoms with E-state index in [0.29, 0.717) is 26.4 Å². The molecule has 2 atom stereocenters. The van der Waals surface area contributed by atoms with Gasteiger partial charge in [-0.15, -0.1) is 0 Å². The molecular formula is C23H30N2O5. The average molecular weight is 415 g/mol. The van der Waals surface area contributed by atoms with Crippen LogP contribution in [0.4, 0.5) is 5.69 Å². The Morgan fingerprint density at radius 3 is 2.50 bits per heavy atom. The Hall–Kier alpha value is -2.48. The van der Waals surface area contributed by atoms with Crippen LogP contribution in [0, 0.1) is 0 Å². The number of nitrogens with zero attached hydrogens (tertiary/aromatic N) is 2. The average Bonchev–Trinajstić information content (AvgIpc) is 2.79. The van der Waals surface area contributed by atoms with Crippen molar-refractivity contribution in [3.05, 3.63) is 48.5 Å². The molecule has 0 spiro atoms. The number of aliphatic hydroxyl groups is 1. The quantitative estimate of drug-likeness (QED) is 0.709. The Morgan fingerprint density at radius 2 is 1.77 bits per heavy atom. The van der Waals surface area contributed by atoms with Crippen LogP contribution < -0.4 is 19.1 Å². The van der Waals surface area contributed by atoms with E-state index in [9.17, 15) is 5.11 Å². The maximum absolute atomic E-state index is 10.4. The van der Waals surface area contributed by atoms with E-state index in [0.717, 1.165) is 43.4 Å². The summed E-state index contributed by atoms with van der Waals surface area (Å²) in [5.74, 6) is 2.38. The predicted molar refractivity (Wildman–Crippen MR) is 115 cm³/mol. The van der Waals surface area contributed by atoms with E-state index < -0.39 is 6.10 Å². The Labute approximate surface area is 177 Å². The molecule has 2 heterocycles. The molecule has 4 rings (SSSR count). The van der Waals surface area contributed by atoms with Crippen LogP contribution in [0.15, 0.2) is 48.5 Å². The van der Waals surface area contributed by atoms with E-state index in [-0.39, 0.29) is 6.10 Å². The van der Waals surface area contributed by atoms with E-state index in [1.165, 1.54) is 5.69 Å². The van der Waals surface area contributed by atoms with Gasteiger partial charge in [0.25, 0.3) is 0 Å². The third kappa shape index (κ3) is 5.36. The Bertz CT molecular complexity index is 792. The van der Waals surface area contributed by atoms with Crippen molar-refractivity contribution in [2.24, 2.45) is 0 Å². The lowest BCUT2D eigenvalue weighted by atomic mass is 10.2. The van der Waals surface area contributed by atoms with Gasteiger partial charge in [0.2, 0.25) is 0 Å². The minimum absolute atomic E-state index is 0.153. The number of piperazine rings is 1. The summed E-state index contributed by atoms with van der Waals surface area (Å²) in [6.07, 6.45) is -0.672. The molecule has 2 aliphatic heterocycles. The van der Waals surface area contributed by atoms with Crippen LogP contribution in [-0.2, 0) is 4.74 Å². The number of benzene rings is 2. The fourth-order valence-electron chi connectivity index (χ4n) is 3.81. The lowest BCUT2D eigenvalue weighted by Gasteiger charge is -2.37. The van der Waals surface area contributed by atoms with Crippen LogP contribution in [0.1, 0.15) is 0 Å². The number of fused-ring (bicyclic) bond motifs is 1. The lowest BCUT2D eigenvalue weighted by molar-refractivity contribution is -0.0292. The molecule has 2 aliphatic rings. The SMILES string of the molecule is COc1ccc(N2CCN(C[C@@H](O)COC[C@@H]3COc4ccccc4O3)CC2)cc1. The highest BCUT2D eigenvalue weighted by Crippen LogP contribution is 2.30. The van der Waals surface area contributed by atoms with Crippen molar-refractivity contribution < 1.29 is 24.1 Å². The van der Waals surface area contributed by atoms with Crippen LogP contribution in [0.3, 0.4) is 0 Å². The van der Waals surface area contributed by atoms with Gasteiger partial charge in [-0.05, 0) is 36.4 Å². The molecule has 30 heavy (non-hydrogen) atoms. The molecule has 1 N–H and O–H groups in total. The second kappa shape index (κ2) is 10.0. The summed E-state index contributed by atoms with van der Waals surface area (Å²) in [6, 6.07) is 15.8. The minimum Gasteiger partial charge on any atom is -0.497 e. The van der Waals surface area contributed by atoms with Crippen molar-refractivity contribution >= 4 is 5.69 Å². The second-order valence-electron chi connectivity index (χ2n) is 7.67. The first-order chi connectivity index (χ1) is 14.7.